The predicted molar refractivity (Wildman–Crippen MR) is 69.6 cm³/mol. The van der Waals surface area contributed by atoms with Crippen molar-refractivity contribution in [2.45, 2.75) is 26.3 Å². The summed E-state index contributed by atoms with van der Waals surface area (Å²) in [6, 6.07) is 10.4. The van der Waals surface area contributed by atoms with Crippen LogP contribution in [0.25, 0.3) is 0 Å². The Bertz CT molecular complexity index is 368. The molecular formula is C13H20N2O2. The van der Waals surface area contributed by atoms with Gasteiger partial charge in [-0.1, -0.05) is 36.9 Å². The molecule has 0 unspecified atom stereocenters. The van der Waals surface area contributed by atoms with E-state index >= 15 is 0 Å². The Morgan fingerprint density at radius 3 is 2.12 bits per heavy atom. The highest BCUT2D eigenvalue weighted by Crippen LogP contribution is 2.20. The molecule has 94 valence electrons. The second-order valence-electron chi connectivity index (χ2n) is 4.23. The minimum absolute atomic E-state index is 0.0346. The summed E-state index contributed by atoms with van der Waals surface area (Å²) in [5.41, 5.74) is 6.26. The Balaban J connectivity index is 0.000000557. The summed E-state index contributed by atoms with van der Waals surface area (Å²) in [5, 5.41) is 10.5. The number of rotatable bonds is 3. The first-order valence-corrected chi connectivity index (χ1v) is 5.23. The van der Waals surface area contributed by atoms with Gasteiger partial charge in [0.1, 0.15) is 0 Å². The zero-order valence-corrected chi connectivity index (χ0v) is 10.5. The molecule has 1 rings (SSSR count). The fourth-order valence-corrected chi connectivity index (χ4v) is 1.46. The summed E-state index contributed by atoms with van der Waals surface area (Å²) in [6.07, 6.45) is -1.33. The van der Waals surface area contributed by atoms with Gasteiger partial charge in [0.25, 0.3) is 0 Å². The van der Waals surface area contributed by atoms with Crippen LogP contribution in [0.3, 0.4) is 0 Å². The molecule has 0 aliphatic heterocycles. The van der Waals surface area contributed by atoms with E-state index in [1.165, 1.54) is 5.56 Å². The van der Waals surface area contributed by atoms with Crippen molar-refractivity contribution in [1.29, 1.82) is 0 Å². The van der Waals surface area contributed by atoms with E-state index < -0.39 is 6.09 Å². The van der Waals surface area contributed by atoms with Gasteiger partial charge in [0.2, 0.25) is 0 Å². The van der Waals surface area contributed by atoms with E-state index in [0.717, 1.165) is 5.70 Å². The molecule has 1 aromatic rings. The molecular weight excluding hydrogens is 216 g/mol. The molecule has 1 amide bonds. The van der Waals surface area contributed by atoms with Gasteiger partial charge >= 0.3 is 6.09 Å². The van der Waals surface area contributed by atoms with Crippen LogP contribution in [-0.2, 0) is 5.54 Å². The highest BCUT2D eigenvalue weighted by atomic mass is 16.4. The van der Waals surface area contributed by atoms with E-state index in [1.807, 2.05) is 13.0 Å². The van der Waals surface area contributed by atoms with E-state index in [0.29, 0.717) is 0 Å². The summed E-state index contributed by atoms with van der Waals surface area (Å²) in [6.45, 7) is 10.1. The highest BCUT2D eigenvalue weighted by Gasteiger charge is 2.18. The van der Waals surface area contributed by atoms with Crippen LogP contribution in [0.4, 0.5) is 4.79 Å². The molecule has 17 heavy (non-hydrogen) atoms. The van der Waals surface area contributed by atoms with Gasteiger partial charge in [-0.3, -0.25) is 0 Å². The van der Waals surface area contributed by atoms with Crippen LogP contribution >= 0.6 is 0 Å². The maximum absolute atomic E-state index is 8.78. The number of hydrogen-bond donors (Lipinski definition) is 3. The number of benzene rings is 1. The van der Waals surface area contributed by atoms with Gasteiger partial charge in [0.15, 0.2) is 0 Å². The zero-order chi connectivity index (χ0) is 13.5. The molecule has 4 nitrogen and oxygen atoms in total. The molecule has 0 fully saturated rings. The molecule has 0 atom stereocenters. The number of allylic oxidation sites excluding steroid dienone is 1. The Hall–Kier alpha value is -1.97. The van der Waals surface area contributed by atoms with Gasteiger partial charge in [-0.25, -0.2) is 4.79 Å². The van der Waals surface area contributed by atoms with E-state index in [1.54, 1.807) is 0 Å². The molecule has 0 heterocycles. The molecule has 0 saturated carbocycles. The number of nitrogens with one attached hydrogen (secondary N) is 1. The van der Waals surface area contributed by atoms with Crippen LogP contribution in [0.15, 0.2) is 42.6 Å². The molecule has 1 aromatic carbocycles. The van der Waals surface area contributed by atoms with Gasteiger partial charge < -0.3 is 16.2 Å². The molecule has 0 aliphatic carbocycles. The standard InChI is InChI=1S/C12H17N.CH3NO2/c1-10(2)13-12(3,4)11-8-6-5-7-9-11;2-1(3)4/h5-9,13H,1H2,2-4H3;2H2,(H,3,4). The summed E-state index contributed by atoms with van der Waals surface area (Å²) < 4.78 is 0. The van der Waals surface area contributed by atoms with Crippen molar-refractivity contribution in [2.24, 2.45) is 5.73 Å². The first-order valence-electron chi connectivity index (χ1n) is 5.23. The molecule has 4 N–H and O–H groups in total. The number of nitrogens with two attached hydrogens (primary N) is 1. The van der Waals surface area contributed by atoms with Crippen LogP contribution in [0.2, 0.25) is 0 Å². The van der Waals surface area contributed by atoms with Gasteiger partial charge in [0.05, 0.1) is 5.54 Å². The lowest BCUT2D eigenvalue weighted by Crippen LogP contribution is -2.34. The number of primary amides is 1. The first-order chi connectivity index (χ1) is 7.75. The van der Waals surface area contributed by atoms with Crippen molar-refractivity contribution in [3.63, 3.8) is 0 Å². The maximum Gasteiger partial charge on any atom is 0.402 e. The molecule has 0 bridgehead atoms. The quantitative estimate of drug-likeness (QED) is 0.755. The zero-order valence-electron chi connectivity index (χ0n) is 10.5. The second kappa shape index (κ2) is 6.58. The van der Waals surface area contributed by atoms with Crippen molar-refractivity contribution in [3.8, 4) is 0 Å². The molecule has 0 saturated heterocycles. The normalized spacial score (nSPS) is 9.82. The Morgan fingerprint density at radius 1 is 1.35 bits per heavy atom. The van der Waals surface area contributed by atoms with Crippen LogP contribution in [0, 0.1) is 0 Å². The number of amides is 1. The second-order valence-corrected chi connectivity index (χ2v) is 4.23. The minimum Gasteiger partial charge on any atom is -0.465 e. The Labute approximate surface area is 102 Å². The van der Waals surface area contributed by atoms with E-state index in [4.69, 9.17) is 9.90 Å². The first kappa shape index (κ1) is 15.0. The van der Waals surface area contributed by atoms with Gasteiger partial charge in [-0.15, -0.1) is 0 Å². The minimum atomic E-state index is -1.33. The smallest absolute Gasteiger partial charge is 0.402 e. The third-order valence-corrected chi connectivity index (χ3v) is 2.02. The van der Waals surface area contributed by atoms with Crippen molar-refractivity contribution < 1.29 is 9.90 Å². The Kier molecular flexibility index (Phi) is 5.82. The monoisotopic (exact) mass is 236 g/mol. The lowest BCUT2D eigenvalue weighted by Gasteiger charge is -2.28. The van der Waals surface area contributed by atoms with Crippen molar-refractivity contribution in [2.75, 3.05) is 0 Å². The average Bonchev–Trinajstić information content (AvgIpc) is 2.16. The largest absolute Gasteiger partial charge is 0.465 e. The van der Waals surface area contributed by atoms with Crippen molar-refractivity contribution in [3.05, 3.63) is 48.2 Å². The SMILES string of the molecule is C=C(C)NC(C)(C)c1ccccc1.NC(=O)O. The highest BCUT2D eigenvalue weighted by molar-refractivity contribution is 5.61. The summed E-state index contributed by atoms with van der Waals surface area (Å²) in [4.78, 5) is 8.78. The molecule has 0 radical (unpaired) electrons. The van der Waals surface area contributed by atoms with Crippen LogP contribution in [0.5, 0.6) is 0 Å². The van der Waals surface area contributed by atoms with Crippen LogP contribution < -0.4 is 11.1 Å². The third-order valence-electron chi connectivity index (χ3n) is 2.02. The maximum atomic E-state index is 8.78. The summed E-state index contributed by atoms with van der Waals surface area (Å²) >= 11 is 0. The molecule has 4 heteroatoms. The van der Waals surface area contributed by atoms with E-state index in [9.17, 15) is 0 Å². The van der Waals surface area contributed by atoms with Crippen LogP contribution in [-0.4, -0.2) is 11.2 Å². The molecule has 0 spiro atoms. The van der Waals surface area contributed by atoms with Gasteiger partial charge in [-0.2, -0.15) is 0 Å². The number of carboxylic acid groups (broad SMARTS) is 1. The van der Waals surface area contributed by atoms with Crippen LogP contribution in [0.1, 0.15) is 26.3 Å². The molecule has 0 aliphatic rings. The fourth-order valence-electron chi connectivity index (χ4n) is 1.46. The van der Waals surface area contributed by atoms with E-state index in [2.05, 4.69) is 55.7 Å². The lowest BCUT2D eigenvalue weighted by molar-refractivity contribution is 0.205. The average molecular weight is 236 g/mol. The summed E-state index contributed by atoms with van der Waals surface area (Å²) in [7, 11) is 0. The van der Waals surface area contributed by atoms with Crippen molar-refractivity contribution >= 4 is 6.09 Å². The third kappa shape index (κ3) is 7.00. The lowest BCUT2D eigenvalue weighted by atomic mass is 9.94. The van der Waals surface area contributed by atoms with E-state index in [-0.39, 0.29) is 5.54 Å². The summed E-state index contributed by atoms with van der Waals surface area (Å²) in [5.74, 6) is 0. The number of hydrogen-bond acceptors (Lipinski definition) is 2. The van der Waals surface area contributed by atoms with Gasteiger partial charge in [0, 0.05) is 5.70 Å². The van der Waals surface area contributed by atoms with Gasteiger partial charge in [-0.05, 0) is 26.3 Å². The number of carbonyl (C=O) groups is 1. The topological polar surface area (TPSA) is 75.3 Å². The fraction of sp³-hybridized carbons (Fsp3) is 0.308. The Morgan fingerprint density at radius 2 is 1.76 bits per heavy atom. The predicted octanol–water partition coefficient (Wildman–Crippen LogP) is 2.67. The molecule has 0 aromatic heterocycles. The van der Waals surface area contributed by atoms with Crippen molar-refractivity contribution in [1.82, 2.24) is 5.32 Å².